The molecule has 0 spiro atoms. The minimum absolute atomic E-state index is 0.00585. The number of hydrogen-bond acceptors (Lipinski definition) is 4. The Kier molecular flexibility index (Phi) is 5.85. The molecule has 32 heavy (non-hydrogen) atoms. The van der Waals surface area contributed by atoms with Crippen molar-refractivity contribution < 1.29 is 31.1 Å². The minimum atomic E-state index is -4.63. The van der Waals surface area contributed by atoms with Gasteiger partial charge in [0.25, 0.3) is 10.0 Å². The van der Waals surface area contributed by atoms with Crippen LogP contribution >= 0.6 is 22.9 Å². The quantitative estimate of drug-likeness (QED) is 0.419. The predicted molar refractivity (Wildman–Crippen MR) is 120 cm³/mol. The number of likely N-dealkylation sites (tertiary alicyclic amines) is 1. The largest absolute Gasteiger partial charge is 0.420 e. The number of nitrogens with zero attached hydrogens (tertiary/aromatic N) is 1. The van der Waals surface area contributed by atoms with Crippen molar-refractivity contribution in [2.45, 2.75) is 30.2 Å². The monoisotopic (exact) mass is 505 g/mol. The Morgan fingerprint density at radius 3 is 2.47 bits per heavy atom. The number of fused-ring (bicyclic) bond motifs is 1. The van der Waals surface area contributed by atoms with E-state index in [1.165, 1.54) is 0 Å². The number of rotatable bonds is 5. The Morgan fingerprint density at radius 1 is 1.12 bits per heavy atom. The number of aryl methyl sites for hydroxylation is 1. The van der Waals surface area contributed by atoms with Crippen LogP contribution in [0.25, 0.3) is 10.1 Å². The fourth-order valence-electron chi connectivity index (χ4n) is 3.86. The van der Waals surface area contributed by atoms with Crippen LogP contribution in [0.1, 0.15) is 24.0 Å². The van der Waals surface area contributed by atoms with E-state index in [4.69, 9.17) is 16.4 Å². The molecule has 5 nitrogen and oxygen atoms in total. The van der Waals surface area contributed by atoms with Crippen LogP contribution in [0, 0.1) is 6.92 Å². The second kappa shape index (κ2) is 8.09. The van der Waals surface area contributed by atoms with Gasteiger partial charge < -0.3 is 4.84 Å². The van der Waals surface area contributed by atoms with Crippen LogP contribution in [0.5, 0.6) is 5.75 Å². The van der Waals surface area contributed by atoms with Gasteiger partial charge >= 0.3 is 6.18 Å². The molecule has 1 saturated heterocycles. The van der Waals surface area contributed by atoms with Gasteiger partial charge in [0.1, 0.15) is 29.9 Å². The maximum absolute atomic E-state index is 13.6. The van der Waals surface area contributed by atoms with Crippen molar-refractivity contribution in [3.63, 3.8) is 0 Å². The first kappa shape index (κ1) is 23.2. The average Bonchev–Trinajstić information content (AvgIpc) is 3.25. The van der Waals surface area contributed by atoms with Crippen molar-refractivity contribution in [3.8, 4) is 5.75 Å². The summed E-state index contributed by atoms with van der Waals surface area (Å²) in [7, 11) is -2.32. The van der Waals surface area contributed by atoms with E-state index in [1.807, 2.05) is 0 Å². The molecule has 0 aliphatic carbocycles. The number of hydrogen-bond donors (Lipinski definition) is 1. The average molecular weight is 506 g/mol. The number of nitrogens with one attached hydrogen (secondary N) is 1. The lowest BCUT2D eigenvalue weighted by molar-refractivity contribution is -1.05. The molecule has 0 bridgehead atoms. The number of hydroxylamine groups is 3. The number of anilines is 1. The van der Waals surface area contributed by atoms with Crippen LogP contribution in [0.4, 0.5) is 18.9 Å². The van der Waals surface area contributed by atoms with Crippen LogP contribution in [-0.4, -0.2) is 33.2 Å². The molecule has 3 aromatic rings. The fourth-order valence-corrected chi connectivity index (χ4v) is 6.83. The van der Waals surface area contributed by atoms with Crippen molar-refractivity contribution in [1.29, 1.82) is 0 Å². The summed E-state index contributed by atoms with van der Waals surface area (Å²) in [6, 6.07) is 8.13. The molecule has 172 valence electrons. The molecule has 2 heterocycles. The number of benzene rings is 2. The second-order valence-corrected chi connectivity index (χ2v) is 11.4. The number of alkyl halides is 3. The smallest absolute Gasteiger partial charge is 0.315 e. The molecule has 0 radical (unpaired) electrons. The van der Waals surface area contributed by atoms with E-state index in [9.17, 15) is 21.6 Å². The zero-order valence-corrected chi connectivity index (χ0v) is 19.7. The lowest BCUT2D eigenvalue weighted by Crippen LogP contribution is -2.44. The first-order valence-corrected chi connectivity index (χ1v) is 12.5. The van der Waals surface area contributed by atoms with E-state index in [-0.39, 0.29) is 14.5 Å². The maximum atomic E-state index is 13.6. The van der Waals surface area contributed by atoms with Gasteiger partial charge in [0.15, 0.2) is 0 Å². The molecular formula is C21H21ClF3N2O3S2+. The molecule has 1 N–H and O–H groups in total. The van der Waals surface area contributed by atoms with E-state index in [2.05, 4.69) is 4.72 Å². The van der Waals surface area contributed by atoms with Gasteiger partial charge in [-0.2, -0.15) is 13.2 Å². The molecule has 11 heteroatoms. The third-order valence-corrected chi connectivity index (χ3v) is 8.98. The predicted octanol–water partition coefficient (Wildman–Crippen LogP) is 6.22. The van der Waals surface area contributed by atoms with Gasteiger partial charge in [-0.05, 0) is 48.2 Å². The van der Waals surface area contributed by atoms with Gasteiger partial charge in [0.05, 0.1) is 5.69 Å². The number of thiophene rings is 1. The van der Waals surface area contributed by atoms with E-state index in [0.29, 0.717) is 29.1 Å². The lowest BCUT2D eigenvalue weighted by atomic mass is 10.2. The molecule has 1 aliphatic heterocycles. The SMILES string of the molecule is Cc1c(S(=O)(=O)Nc2ccc(C(F)(F)F)c(O[N+]3(C)CCCC3)c2)sc2ccc(Cl)cc12. The summed E-state index contributed by atoms with van der Waals surface area (Å²) in [6.07, 6.45) is -2.94. The molecule has 4 rings (SSSR count). The third kappa shape index (κ3) is 4.54. The molecule has 0 atom stereocenters. The maximum Gasteiger partial charge on any atom is 0.420 e. The summed E-state index contributed by atoms with van der Waals surface area (Å²) < 4.78 is 70.0. The summed E-state index contributed by atoms with van der Waals surface area (Å²) in [6.45, 7) is 2.83. The molecule has 1 aromatic heterocycles. The Labute approximate surface area is 193 Å². The number of sulfonamides is 1. The van der Waals surface area contributed by atoms with Crippen molar-refractivity contribution in [2.75, 3.05) is 24.9 Å². The topological polar surface area (TPSA) is 55.4 Å². The molecule has 0 saturated carbocycles. The Balaban J connectivity index is 1.71. The van der Waals surface area contributed by atoms with Crippen molar-refractivity contribution >= 4 is 48.7 Å². The van der Waals surface area contributed by atoms with E-state index < -0.39 is 27.5 Å². The van der Waals surface area contributed by atoms with Gasteiger partial charge in [0, 0.05) is 28.6 Å². The first-order valence-electron chi connectivity index (χ1n) is 9.85. The zero-order chi connectivity index (χ0) is 23.3. The summed E-state index contributed by atoms with van der Waals surface area (Å²) in [5, 5.41) is 1.20. The first-order chi connectivity index (χ1) is 14.9. The highest BCUT2D eigenvalue weighted by Crippen LogP contribution is 2.41. The number of quaternary nitrogens is 1. The van der Waals surface area contributed by atoms with Gasteiger partial charge in [-0.1, -0.05) is 11.6 Å². The van der Waals surface area contributed by atoms with Crippen LogP contribution in [-0.2, 0) is 16.2 Å². The highest BCUT2D eigenvalue weighted by molar-refractivity contribution is 7.94. The molecule has 0 amide bonds. The van der Waals surface area contributed by atoms with E-state index >= 15 is 0 Å². The molecule has 0 unspecified atom stereocenters. The summed E-state index contributed by atoms with van der Waals surface area (Å²) >= 11 is 7.10. The molecule has 1 aliphatic rings. The summed E-state index contributed by atoms with van der Waals surface area (Å²) in [5.74, 6) is -0.401. The summed E-state index contributed by atoms with van der Waals surface area (Å²) in [4.78, 5) is 5.74. The highest BCUT2D eigenvalue weighted by Gasteiger charge is 2.39. The molecule has 2 aromatic carbocycles. The van der Waals surface area contributed by atoms with Crippen molar-refractivity contribution in [3.05, 3.63) is 52.5 Å². The Hall–Kier alpha value is -2.01. The van der Waals surface area contributed by atoms with E-state index in [1.54, 1.807) is 32.2 Å². The highest BCUT2D eigenvalue weighted by atomic mass is 35.5. The van der Waals surface area contributed by atoms with Gasteiger partial charge in [-0.15, -0.1) is 16.0 Å². The standard InChI is InChI=1S/C21H21ClF3N2O3S2/c1-13-16-11-14(22)5-8-19(16)31-20(13)32(28,29)26-15-6-7-17(21(23,24)25)18(12-15)30-27(2)9-3-4-10-27/h5-8,11-12,26H,3-4,9-10H2,1-2H3/q+1. The van der Waals surface area contributed by atoms with Crippen molar-refractivity contribution in [2.24, 2.45) is 0 Å². The number of halogens is 4. The van der Waals surface area contributed by atoms with Crippen molar-refractivity contribution in [1.82, 2.24) is 0 Å². The van der Waals surface area contributed by atoms with E-state index in [0.717, 1.165) is 47.1 Å². The van der Waals surface area contributed by atoms with Crippen LogP contribution < -0.4 is 9.56 Å². The third-order valence-electron chi connectivity index (χ3n) is 5.47. The normalized spacial score (nSPS) is 16.4. The van der Waals surface area contributed by atoms with Crippen LogP contribution in [0.15, 0.2) is 40.6 Å². The Morgan fingerprint density at radius 2 is 1.81 bits per heavy atom. The lowest BCUT2D eigenvalue weighted by Gasteiger charge is -2.28. The molecular weight excluding hydrogens is 485 g/mol. The fraction of sp³-hybridized carbons (Fsp3) is 0.333. The van der Waals surface area contributed by atoms with Crippen LogP contribution in [0.2, 0.25) is 5.02 Å². The molecule has 1 fully saturated rings. The van der Waals surface area contributed by atoms with Crippen LogP contribution in [0.3, 0.4) is 0 Å². The van der Waals surface area contributed by atoms with Gasteiger partial charge in [-0.3, -0.25) is 4.72 Å². The minimum Gasteiger partial charge on any atom is -0.315 e. The Bertz CT molecular complexity index is 1280. The summed E-state index contributed by atoms with van der Waals surface area (Å²) in [5.41, 5.74) is -0.424. The van der Waals surface area contributed by atoms with Gasteiger partial charge in [0.2, 0.25) is 5.75 Å². The van der Waals surface area contributed by atoms with Gasteiger partial charge in [-0.25, -0.2) is 8.42 Å². The second-order valence-electron chi connectivity index (χ2n) is 8.01. The zero-order valence-electron chi connectivity index (χ0n) is 17.3.